The van der Waals surface area contributed by atoms with Gasteiger partial charge in [0.25, 0.3) is 0 Å². The Morgan fingerprint density at radius 3 is 2.53 bits per heavy atom. The molecular formula is C21H23BrN2O5S. The number of halogens is 1. The lowest BCUT2D eigenvalue weighted by Gasteiger charge is -2.17. The number of H-pyrrole nitrogens is 1. The van der Waals surface area contributed by atoms with Crippen LogP contribution in [0.15, 0.2) is 58.0 Å². The molecule has 0 saturated heterocycles. The second kappa shape index (κ2) is 9.63. The number of esters is 1. The third kappa shape index (κ3) is 5.21. The number of carbonyl (C=O) groups excluding carboxylic acids is 1. The van der Waals surface area contributed by atoms with Crippen molar-refractivity contribution in [1.82, 2.24) is 9.71 Å². The molecule has 0 saturated carbocycles. The topological polar surface area (TPSA) is 97.5 Å². The summed E-state index contributed by atoms with van der Waals surface area (Å²) in [6, 6.07) is 10.7. The second-order valence-corrected chi connectivity index (χ2v) is 9.17. The maximum absolute atomic E-state index is 12.9. The van der Waals surface area contributed by atoms with Gasteiger partial charge in [0.1, 0.15) is 11.8 Å². The third-order valence-electron chi connectivity index (χ3n) is 4.47. The van der Waals surface area contributed by atoms with E-state index in [1.165, 1.54) is 12.1 Å². The molecule has 1 aromatic heterocycles. The first-order valence-corrected chi connectivity index (χ1v) is 11.8. The van der Waals surface area contributed by atoms with Crippen LogP contribution in [0.5, 0.6) is 5.75 Å². The van der Waals surface area contributed by atoms with Crippen molar-refractivity contribution in [1.29, 1.82) is 0 Å². The Bertz CT molecular complexity index is 1130. The first kappa shape index (κ1) is 22.3. The van der Waals surface area contributed by atoms with Crippen molar-refractivity contribution in [3.63, 3.8) is 0 Å². The van der Waals surface area contributed by atoms with Crippen molar-refractivity contribution in [2.24, 2.45) is 0 Å². The highest BCUT2D eigenvalue weighted by Gasteiger charge is 2.28. The van der Waals surface area contributed by atoms with Crippen LogP contribution in [0.3, 0.4) is 0 Å². The van der Waals surface area contributed by atoms with Gasteiger partial charge in [-0.2, -0.15) is 4.72 Å². The van der Waals surface area contributed by atoms with Crippen molar-refractivity contribution in [2.45, 2.75) is 31.2 Å². The van der Waals surface area contributed by atoms with E-state index in [1.807, 2.05) is 25.1 Å². The fraction of sp³-hybridized carbons (Fsp3) is 0.286. The van der Waals surface area contributed by atoms with Gasteiger partial charge in [-0.3, -0.25) is 4.79 Å². The Morgan fingerprint density at radius 1 is 1.13 bits per heavy atom. The molecule has 0 spiro atoms. The minimum atomic E-state index is -3.94. The van der Waals surface area contributed by atoms with Gasteiger partial charge in [0.2, 0.25) is 10.0 Å². The second-order valence-electron chi connectivity index (χ2n) is 6.54. The molecular weight excluding hydrogens is 472 g/mol. The summed E-state index contributed by atoms with van der Waals surface area (Å²) in [7, 11) is -3.94. The molecule has 2 N–H and O–H groups in total. The molecule has 0 radical (unpaired) electrons. The van der Waals surface area contributed by atoms with Gasteiger partial charge >= 0.3 is 5.97 Å². The van der Waals surface area contributed by atoms with Crippen molar-refractivity contribution in [3.05, 3.63) is 58.7 Å². The molecule has 1 heterocycles. The number of ether oxygens (including phenoxy) is 2. The number of rotatable bonds is 9. The van der Waals surface area contributed by atoms with E-state index >= 15 is 0 Å². The van der Waals surface area contributed by atoms with Crippen LogP contribution in [0.1, 0.15) is 19.4 Å². The predicted octanol–water partition coefficient (Wildman–Crippen LogP) is 3.78. The van der Waals surface area contributed by atoms with Gasteiger partial charge < -0.3 is 14.5 Å². The summed E-state index contributed by atoms with van der Waals surface area (Å²) >= 11 is 3.44. The molecule has 0 fully saturated rings. The number of carbonyl (C=O) groups is 1. The first-order chi connectivity index (χ1) is 14.3. The Balaban J connectivity index is 1.87. The van der Waals surface area contributed by atoms with Crippen molar-refractivity contribution in [3.8, 4) is 5.75 Å². The summed E-state index contributed by atoms with van der Waals surface area (Å²) < 4.78 is 39.6. The Hall–Kier alpha value is -2.36. The molecule has 3 rings (SSSR count). The highest BCUT2D eigenvalue weighted by atomic mass is 79.9. The fourth-order valence-corrected chi connectivity index (χ4v) is 4.64. The number of aromatic nitrogens is 1. The van der Waals surface area contributed by atoms with E-state index in [4.69, 9.17) is 9.47 Å². The zero-order chi connectivity index (χ0) is 21.7. The summed E-state index contributed by atoms with van der Waals surface area (Å²) in [6.07, 6.45) is 1.92. The largest absolute Gasteiger partial charge is 0.494 e. The normalized spacial score (nSPS) is 12.6. The van der Waals surface area contributed by atoms with E-state index in [1.54, 1.807) is 25.3 Å². The molecule has 7 nitrogen and oxygen atoms in total. The van der Waals surface area contributed by atoms with Crippen LogP contribution >= 0.6 is 15.9 Å². The van der Waals surface area contributed by atoms with E-state index in [0.717, 1.165) is 20.9 Å². The molecule has 0 aliphatic heterocycles. The van der Waals surface area contributed by atoms with Crippen LogP contribution in [0.4, 0.5) is 0 Å². The SMILES string of the molecule is CCOC(=O)C(Cc1c[nH]c2ccc(Br)cc12)NS(=O)(=O)c1ccc(OCC)cc1. The average molecular weight is 495 g/mol. The first-order valence-electron chi connectivity index (χ1n) is 9.51. The van der Waals surface area contributed by atoms with E-state index < -0.39 is 22.0 Å². The number of nitrogens with one attached hydrogen (secondary N) is 2. The third-order valence-corrected chi connectivity index (χ3v) is 6.45. The van der Waals surface area contributed by atoms with Crippen LogP contribution in [0.2, 0.25) is 0 Å². The van der Waals surface area contributed by atoms with E-state index in [9.17, 15) is 13.2 Å². The Kier molecular flexibility index (Phi) is 7.17. The Labute approximate surface area is 184 Å². The van der Waals surface area contributed by atoms with Crippen LogP contribution in [0, 0.1) is 0 Å². The fourth-order valence-electron chi connectivity index (χ4n) is 3.09. The van der Waals surface area contributed by atoms with Gasteiger partial charge in [-0.25, -0.2) is 8.42 Å². The quantitative estimate of drug-likeness (QED) is 0.441. The standard InChI is InChI=1S/C21H23BrN2O5S/c1-3-28-16-6-8-17(9-7-16)30(26,27)24-20(21(25)29-4-2)11-14-13-23-19-10-5-15(22)12-18(14)19/h5-10,12-13,20,23-24H,3-4,11H2,1-2H3. The minimum Gasteiger partial charge on any atom is -0.494 e. The number of sulfonamides is 1. The average Bonchev–Trinajstić information content (AvgIpc) is 3.10. The molecule has 0 aliphatic rings. The maximum atomic E-state index is 12.9. The number of benzene rings is 2. The molecule has 3 aromatic rings. The summed E-state index contributed by atoms with van der Waals surface area (Å²) in [5.41, 5.74) is 1.70. The summed E-state index contributed by atoms with van der Waals surface area (Å²) in [5, 5.41) is 0.902. The molecule has 9 heteroatoms. The number of hydrogen-bond donors (Lipinski definition) is 2. The van der Waals surface area contributed by atoms with Gasteiger partial charge in [-0.15, -0.1) is 0 Å². The number of fused-ring (bicyclic) bond motifs is 1. The van der Waals surface area contributed by atoms with Gasteiger partial charge in [-0.05, 0) is 61.9 Å². The molecule has 0 amide bonds. The lowest BCUT2D eigenvalue weighted by molar-refractivity contribution is -0.145. The van der Waals surface area contributed by atoms with Gasteiger partial charge in [0.05, 0.1) is 18.1 Å². The Morgan fingerprint density at radius 2 is 1.87 bits per heavy atom. The van der Waals surface area contributed by atoms with Crippen LogP contribution < -0.4 is 9.46 Å². The zero-order valence-corrected chi connectivity index (χ0v) is 19.0. The molecule has 30 heavy (non-hydrogen) atoms. The highest BCUT2D eigenvalue weighted by molar-refractivity contribution is 9.10. The molecule has 0 aliphatic carbocycles. The number of hydrogen-bond acceptors (Lipinski definition) is 5. The van der Waals surface area contributed by atoms with E-state index in [0.29, 0.717) is 12.4 Å². The molecule has 2 aromatic carbocycles. The van der Waals surface area contributed by atoms with E-state index in [-0.39, 0.29) is 17.9 Å². The monoisotopic (exact) mass is 494 g/mol. The highest BCUT2D eigenvalue weighted by Crippen LogP contribution is 2.24. The van der Waals surface area contributed by atoms with E-state index in [2.05, 4.69) is 25.6 Å². The van der Waals surface area contributed by atoms with Crippen LogP contribution in [-0.2, 0) is 26.0 Å². The minimum absolute atomic E-state index is 0.0434. The predicted molar refractivity (Wildman–Crippen MR) is 118 cm³/mol. The summed E-state index contributed by atoms with van der Waals surface area (Å²) in [6.45, 7) is 4.16. The molecule has 0 bridgehead atoms. The van der Waals surface area contributed by atoms with Crippen molar-refractivity contribution >= 4 is 42.8 Å². The summed E-state index contributed by atoms with van der Waals surface area (Å²) in [4.78, 5) is 15.7. The van der Waals surface area contributed by atoms with Crippen LogP contribution in [-0.4, -0.2) is 38.6 Å². The van der Waals surface area contributed by atoms with Crippen molar-refractivity contribution < 1.29 is 22.7 Å². The molecule has 1 unspecified atom stereocenters. The van der Waals surface area contributed by atoms with Gasteiger partial charge in [-0.1, -0.05) is 15.9 Å². The smallest absolute Gasteiger partial charge is 0.324 e. The maximum Gasteiger partial charge on any atom is 0.324 e. The summed E-state index contributed by atoms with van der Waals surface area (Å²) in [5.74, 6) is -0.0564. The lowest BCUT2D eigenvalue weighted by Crippen LogP contribution is -2.43. The number of aromatic amines is 1. The van der Waals surface area contributed by atoms with Crippen molar-refractivity contribution in [2.75, 3.05) is 13.2 Å². The van der Waals surface area contributed by atoms with Gasteiger partial charge in [0.15, 0.2) is 0 Å². The lowest BCUT2D eigenvalue weighted by atomic mass is 10.1. The zero-order valence-electron chi connectivity index (χ0n) is 16.6. The molecule has 160 valence electrons. The van der Waals surface area contributed by atoms with Gasteiger partial charge in [0, 0.05) is 28.0 Å². The molecule has 1 atom stereocenters. The van der Waals surface area contributed by atoms with Crippen LogP contribution in [0.25, 0.3) is 10.9 Å².